The minimum absolute atomic E-state index is 0.0826. The molecule has 1 amide bonds. The number of piperidine rings is 1. The van der Waals surface area contributed by atoms with E-state index in [-0.39, 0.29) is 5.91 Å². The molecule has 1 atom stereocenters. The Kier molecular flexibility index (Phi) is 5.74. The summed E-state index contributed by atoms with van der Waals surface area (Å²) in [6.45, 7) is 6.58. The van der Waals surface area contributed by atoms with E-state index in [2.05, 4.69) is 22.7 Å². The Labute approximate surface area is 149 Å². The molecule has 0 aliphatic carbocycles. The molecule has 1 aliphatic rings. The maximum Gasteiger partial charge on any atom is 0.263 e. The Morgan fingerprint density at radius 2 is 2.00 bits per heavy atom. The first-order valence-electron chi connectivity index (χ1n) is 9.18. The van der Waals surface area contributed by atoms with Gasteiger partial charge in [0.05, 0.1) is 0 Å². The number of amides is 1. The molecule has 0 radical (unpaired) electrons. The Bertz CT molecular complexity index is 675. The smallest absolute Gasteiger partial charge is 0.263 e. The number of carbonyl (C=O) groups excluding carboxylic acids is 1. The molecule has 2 aromatic rings. The van der Waals surface area contributed by atoms with Crippen LogP contribution in [0.2, 0.25) is 0 Å². The van der Waals surface area contributed by atoms with Gasteiger partial charge in [0.1, 0.15) is 11.6 Å². The highest BCUT2D eigenvalue weighted by Gasteiger charge is 2.27. The molecule has 134 valence electrons. The van der Waals surface area contributed by atoms with Gasteiger partial charge in [-0.1, -0.05) is 25.1 Å². The monoisotopic (exact) mass is 341 g/mol. The van der Waals surface area contributed by atoms with E-state index in [9.17, 15) is 4.79 Å². The number of rotatable bonds is 6. The highest BCUT2D eigenvalue weighted by Crippen LogP contribution is 2.21. The van der Waals surface area contributed by atoms with E-state index in [0.717, 1.165) is 50.5 Å². The molecule has 1 aliphatic heterocycles. The maximum absolute atomic E-state index is 12.6. The molecule has 0 N–H and O–H groups in total. The summed E-state index contributed by atoms with van der Waals surface area (Å²) >= 11 is 0. The van der Waals surface area contributed by atoms with Gasteiger partial charge in [-0.15, -0.1) is 0 Å². The van der Waals surface area contributed by atoms with Crippen molar-refractivity contribution in [2.45, 2.75) is 45.8 Å². The van der Waals surface area contributed by atoms with Crippen molar-refractivity contribution in [2.75, 3.05) is 13.1 Å². The summed E-state index contributed by atoms with van der Waals surface area (Å²) in [5.74, 6) is 2.57. The van der Waals surface area contributed by atoms with Crippen LogP contribution < -0.4 is 4.74 Å². The number of para-hydroxylation sites is 1. The molecular formula is C20H27N3O2. The number of aryl methyl sites for hydroxylation is 1. The Morgan fingerprint density at radius 3 is 2.68 bits per heavy atom. The molecule has 5 nitrogen and oxygen atoms in total. The number of hydrogen-bond acceptors (Lipinski definition) is 3. The van der Waals surface area contributed by atoms with Crippen LogP contribution >= 0.6 is 0 Å². The van der Waals surface area contributed by atoms with Crippen LogP contribution in [0, 0.1) is 5.92 Å². The first kappa shape index (κ1) is 17.5. The van der Waals surface area contributed by atoms with Crippen molar-refractivity contribution in [1.29, 1.82) is 0 Å². The summed E-state index contributed by atoms with van der Waals surface area (Å²) in [5, 5.41) is 0. The number of carbonyl (C=O) groups is 1. The zero-order chi connectivity index (χ0) is 17.6. The second-order valence-electron chi connectivity index (χ2n) is 6.69. The van der Waals surface area contributed by atoms with E-state index in [0.29, 0.717) is 5.92 Å². The fraction of sp³-hybridized carbons (Fsp3) is 0.500. The van der Waals surface area contributed by atoms with Gasteiger partial charge in [0.15, 0.2) is 6.10 Å². The van der Waals surface area contributed by atoms with Gasteiger partial charge in [-0.05, 0) is 37.8 Å². The van der Waals surface area contributed by atoms with Crippen LogP contribution in [-0.4, -0.2) is 39.6 Å². The molecule has 0 bridgehead atoms. The molecule has 0 saturated carbocycles. The molecule has 1 fully saturated rings. The highest BCUT2D eigenvalue weighted by atomic mass is 16.5. The number of nitrogens with zero attached hydrogens (tertiary/aromatic N) is 3. The molecule has 1 saturated heterocycles. The molecule has 5 heteroatoms. The van der Waals surface area contributed by atoms with Crippen molar-refractivity contribution in [3.05, 3.63) is 48.5 Å². The van der Waals surface area contributed by atoms with Gasteiger partial charge in [-0.3, -0.25) is 4.79 Å². The van der Waals surface area contributed by atoms with Crippen LogP contribution in [-0.2, 0) is 17.8 Å². The molecule has 25 heavy (non-hydrogen) atoms. The molecule has 1 aromatic heterocycles. The van der Waals surface area contributed by atoms with E-state index < -0.39 is 6.10 Å². The first-order valence-corrected chi connectivity index (χ1v) is 9.18. The zero-order valence-corrected chi connectivity index (χ0v) is 15.1. The standard InChI is InChI=1S/C20H27N3O2/c1-3-19-21-11-14-23(19)15-17-9-12-22(13-10-17)20(24)16(2)25-18-7-5-4-6-8-18/h4-8,11,14,16-17H,3,9-10,12-13,15H2,1-2H3. The predicted octanol–water partition coefficient (Wildman–Crippen LogP) is 3.15. The molecule has 0 spiro atoms. The second-order valence-corrected chi connectivity index (χ2v) is 6.69. The van der Waals surface area contributed by atoms with E-state index in [1.54, 1.807) is 0 Å². The van der Waals surface area contributed by atoms with Crippen molar-refractivity contribution in [3.8, 4) is 5.75 Å². The number of ether oxygens (including phenoxy) is 1. The highest BCUT2D eigenvalue weighted by molar-refractivity contribution is 5.81. The number of benzene rings is 1. The van der Waals surface area contributed by atoms with Gasteiger partial charge in [-0.25, -0.2) is 4.98 Å². The Balaban J connectivity index is 1.49. The lowest BCUT2D eigenvalue weighted by Gasteiger charge is -2.33. The fourth-order valence-electron chi connectivity index (χ4n) is 3.45. The molecule has 3 rings (SSSR count). The van der Waals surface area contributed by atoms with Crippen LogP contribution in [0.4, 0.5) is 0 Å². The van der Waals surface area contributed by atoms with Crippen LogP contribution in [0.15, 0.2) is 42.7 Å². The van der Waals surface area contributed by atoms with Crippen molar-refractivity contribution in [2.24, 2.45) is 5.92 Å². The van der Waals surface area contributed by atoms with Gasteiger partial charge >= 0.3 is 0 Å². The maximum atomic E-state index is 12.6. The molecule has 1 aromatic carbocycles. The van der Waals surface area contributed by atoms with Gasteiger partial charge in [0, 0.05) is 38.4 Å². The van der Waals surface area contributed by atoms with Gasteiger partial charge in [-0.2, -0.15) is 0 Å². The third-order valence-corrected chi connectivity index (χ3v) is 4.90. The lowest BCUT2D eigenvalue weighted by molar-refractivity contribution is -0.139. The lowest BCUT2D eigenvalue weighted by atomic mass is 9.96. The predicted molar refractivity (Wildman–Crippen MR) is 97.4 cm³/mol. The average Bonchev–Trinajstić information content (AvgIpc) is 3.09. The van der Waals surface area contributed by atoms with Crippen LogP contribution in [0.3, 0.4) is 0 Å². The van der Waals surface area contributed by atoms with Crippen molar-refractivity contribution >= 4 is 5.91 Å². The van der Waals surface area contributed by atoms with Crippen molar-refractivity contribution in [1.82, 2.24) is 14.5 Å². The molecule has 1 unspecified atom stereocenters. The van der Waals surface area contributed by atoms with E-state index >= 15 is 0 Å². The van der Waals surface area contributed by atoms with E-state index in [1.165, 1.54) is 0 Å². The summed E-state index contributed by atoms with van der Waals surface area (Å²) < 4.78 is 8.02. The Morgan fingerprint density at radius 1 is 1.28 bits per heavy atom. The van der Waals surface area contributed by atoms with Crippen LogP contribution in [0.25, 0.3) is 0 Å². The summed E-state index contributed by atoms with van der Waals surface area (Å²) in [7, 11) is 0. The first-order chi connectivity index (χ1) is 12.2. The fourth-order valence-corrected chi connectivity index (χ4v) is 3.45. The molecular weight excluding hydrogens is 314 g/mol. The summed E-state index contributed by atoms with van der Waals surface area (Å²) in [5.41, 5.74) is 0. The topological polar surface area (TPSA) is 47.4 Å². The third-order valence-electron chi connectivity index (χ3n) is 4.90. The second kappa shape index (κ2) is 8.19. The van der Waals surface area contributed by atoms with Crippen LogP contribution in [0.1, 0.15) is 32.5 Å². The number of likely N-dealkylation sites (tertiary alicyclic amines) is 1. The third kappa shape index (κ3) is 4.41. The zero-order valence-electron chi connectivity index (χ0n) is 15.1. The lowest BCUT2D eigenvalue weighted by Crippen LogP contribution is -2.45. The van der Waals surface area contributed by atoms with Gasteiger partial charge in [0.2, 0.25) is 0 Å². The minimum Gasteiger partial charge on any atom is -0.481 e. The summed E-state index contributed by atoms with van der Waals surface area (Å²) in [6.07, 6.45) is 6.51. The SMILES string of the molecule is CCc1nccn1CC1CCN(C(=O)C(C)Oc2ccccc2)CC1. The largest absolute Gasteiger partial charge is 0.481 e. The minimum atomic E-state index is -0.445. The quantitative estimate of drug-likeness (QED) is 0.811. The van der Waals surface area contributed by atoms with Crippen molar-refractivity contribution in [3.63, 3.8) is 0 Å². The van der Waals surface area contributed by atoms with Crippen molar-refractivity contribution < 1.29 is 9.53 Å². The average molecular weight is 341 g/mol. The van der Waals surface area contributed by atoms with Gasteiger partial charge < -0.3 is 14.2 Å². The van der Waals surface area contributed by atoms with Gasteiger partial charge in [0.25, 0.3) is 5.91 Å². The summed E-state index contributed by atoms with van der Waals surface area (Å²) in [6, 6.07) is 9.53. The number of aromatic nitrogens is 2. The van der Waals surface area contributed by atoms with E-state index in [1.807, 2.05) is 48.4 Å². The van der Waals surface area contributed by atoms with Crippen LogP contribution in [0.5, 0.6) is 5.75 Å². The number of hydrogen-bond donors (Lipinski definition) is 0. The molecule has 2 heterocycles. The normalized spacial score (nSPS) is 16.6. The number of imidazole rings is 1. The Hall–Kier alpha value is -2.30. The van der Waals surface area contributed by atoms with E-state index in [4.69, 9.17) is 4.74 Å². The summed E-state index contributed by atoms with van der Waals surface area (Å²) in [4.78, 5) is 18.9.